The Morgan fingerprint density at radius 2 is 2.42 bits per heavy atom. The maximum absolute atomic E-state index is 12.6. The van der Waals surface area contributed by atoms with Crippen LogP contribution in [0.4, 0.5) is 0 Å². The van der Waals surface area contributed by atoms with Crippen molar-refractivity contribution < 1.29 is 0 Å². The van der Waals surface area contributed by atoms with E-state index in [2.05, 4.69) is 11.9 Å². The molecule has 19 heavy (non-hydrogen) atoms. The summed E-state index contributed by atoms with van der Waals surface area (Å²) in [5.74, 6) is 1.09. The molecule has 6 heteroatoms. The first kappa shape index (κ1) is 13.4. The molecule has 2 atom stereocenters. The highest BCUT2D eigenvalue weighted by atomic mass is 32.2. The van der Waals surface area contributed by atoms with E-state index in [1.54, 1.807) is 0 Å². The molecule has 1 saturated carbocycles. The molecule has 3 rings (SSSR count). The number of hydrogen-bond acceptors (Lipinski definition) is 4. The minimum absolute atomic E-state index is 0.0774. The van der Waals surface area contributed by atoms with Gasteiger partial charge >= 0.3 is 0 Å². The number of H-pyrrole nitrogens is 1. The van der Waals surface area contributed by atoms with E-state index in [9.17, 15) is 4.79 Å². The van der Waals surface area contributed by atoms with Crippen molar-refractivity contribution in [2.75, 3.05) is 5.75 Å². The van der Waals surface area contributed by atoms with Crippen LogP contribution in [0.2, 0.25) is 0 Å². The van der Waals surface area contributed by atoms with Crippen LogP contribution in [0.5, 0.6) is 0 Å². The number of aromatic amines is 1. The summed E-state index contributed by atoms with van der Waals surface area (Å²) in [6.07, 6.45) is 3.43. The molecule has 0 bridgehead atoms. The second-order valence-electron chi connectivity index (χ2n) is 4.76. The fourth-order valence-corrected chi connectivity index (χ4v) is 5.27. The molecule has 1 aliphatic rings. The summed E-state index contributed by atoms with van der Waals surface area (Å²) in [4.78, 5) is 16.7. The summed E-state index contributed by atoms with van der Waals surface area (Å²) in [6, 6.07) is 2.15. The summed E-state index contributed by atoms with van der Waals surface area (Å²) in [5.41, 5.74) is 0.0774. The van der Waals surface area contributed by atoms with Crippen molar-refractivity contribution in [3.05, 3.63) is 26.6 Å². The molecule has 2 aromatic heterocycles. The molecule has 2 unspecified atom stereocenters. The highest BCUT2D eigenvalue weighted by Crippen LogP contribution is 2.38. The quantitative estimate of drug-likeness (QED) is 0.872. The van der Waals surface area contributed by atoms with Crippen molar-refractivity contribution in [3.63, 3.8) is 0 Å². The molecule has 1 fully saturated rings. The smallest absolute Gasteiger partial charge is 0.263 e. The van der Waals surface area contributed by atoms with Crippen LogP contribution in [0.15, 0.2) is 16.2 Å². The number of thioether (sulfide) groups is 1. The molecule has 102 valence electrons. The first-order valence-electron chi connectivity index (χ1n) is 6.56. The van der Waals surface area contributed by atoms with Gasteiger partial charge in [-0.25, -0.2) is 0 Å². The third kappa shape index (κ3) is 2.30. The molecule has 0 spiro atoms. The Bertz CT molecular complexity index is 700. The molecule has 0 amide bonds. The first-order valence-corrected chi connectivity index (χ1v) is 8.89. The van der Waals surface area contributed by atoms with Crippen LogP contribution < -0.4 is 5.56 Å². The zero-order valence-corrected chi connectivity index (χ0v) is 13.2. The van der Waals surface area contributed by atoms with E-state index in [0.717, 1.165) is 22.4 Å². The number of aromatic nitrogens is 2. The van der Waals surface area contributed by atoms with Gasteiger partial charge in [0.25, 0.3) is 5.56 Å². The lowest BCUT2D eigenvalue weighted by Crippen LogP contribution is -2.29. The van der Waals surface area contributed by atoms with Crippen LogP contribution in [-0.4, -0.2) is 20.6 Å². The fourth-order valence-electron chi connectivity index (χ4n) is 2.87. The molecule has 3 nitrogen and oxygen atoms in total. The Balaban J connectivity index is 2.14. The van der Waals surface area contributed by atoms with E-state index >= 15 is 0 Å². The van der Waals surface area contributed by atoms with Crippen molar-refractivity contribution >= 4 is 45.5 Å². The van der Waals surface area contributed by atoms with Gasteiger partial charge in [-0.2, -0.15) is 11.8 Å². The Morgan fingerprint density at radius 3 is 3.21 bits per heavy atom. The standard InChI is InChI=1S/C13H16N2OS3/c1-2-18-10-5-3-4-9(10)15-12(16)8-6-7-19-11(8)14-13(15)17/h6-7,9-10H,2-5H2,1H3,(H,14,17). The fraction of sp³-hybridized carbons (Fsp3) is 0.538. The first-order chi connectivity index (χ1) is 9.22. The summed E-state index contributed by atoms with van der Waals surface area (Å²) in [5, 5.41) is 3.23. The number of rotatable bonds is 3. The molecule has 0 aliphatic heterocycles. The number of nitrogens with one attached hydrogen (secondary N) is 1. The number of nitrogens with zero attached hydrogens (tertiary/aromatic N) is 1. The maximum atomic E-state index is 12.6. The molecular weight excluding hydrogens is 296 g/mol. The van der Waals surface area contributed by atoms with Gasteiger partial charge in [-0.3, -0.25) is 9.36 Å². The monoisotopic (exact) mass is 312 g/mol. The van der Waals surface area contributed by atoms with E-state index in [1.807, 2.05) is 27.8 Å². The van der Waals surface area contributed by atoms with Gasteiger partial charge in [-0.1, -0.05) is 13.3 Å². The van der Waals surface area contributed by atoms with Crippen LogP contribution in [-0.2, 0) is 0 Å². The zero-order valence-electron chi connectivity index (χ0n) is 10.7. The van der Waals surface area contributed by atoms with Gasteiger partial charge in [0.05, 0.1) is 11.4 Å². The molecule has 2 heterocycles. The normalized spacial score (nSPS) is 23.2. The van der Waals surface area contributed by atoms with Gasteiger partial charge in [-0.05, 0) is 42.3 Å². The molecular formula is C13H16N2OS3. The van der Waals surface area contributed by atoms with Gasteiger partial charge in [0.2, 0.25) is 0 Å². The van der Waals surface area contributed by atoms with Crippen LogP contribution in [0.3, 0.4) is 0 Å². The zero-order chi connectivity index (χ0) is 13.4. The summed E-state index contributed by atoms with van der Waals surface area (Å²) in [6.45, 7) is 2.17. The highest BCUT2D eigenvalue weighted by Gasteiger charge is 2.30. The second-order valence-corrected chi connectivity index (χ2v) is 7.58. The van der Waals surface area contributed by atoms with Crippen molar-refractivity contribution in [1.82, 2.24) is 9.55 Å². The molecule has 0 saturated heterocycles. The molecule has 2 aromatic rings. The minimum Gasteiger partial charge on any atom is -0.323 e. The Kier molecular flexibility index (Phi) is 3.82. The van der Waals surface area contributed by atoms with Crippen LogP contribution in [0.25, 0.3) is 10.2 Å². The largest absolute Gasteiger partial charge is 0.323 e. The topological polar surface area (TPSA) is 37.8 Å². The Labute approximate surface area is 125 Å². The average Bonchev–Trinajstić information content (AvgIpc) is 2.99. The van der Waals surface area contributed by atoms with Crippen LogP contribution in [0.1, 0.15) is 32.2 Å². The van der Waals surface area contributed by atoms with Crippen LogP contribution >= 0.6 is 35.3 Å². The van der Waals surface area contributed by atoms with Crippen molar-refractivity contribution in [2.45, 2.75) is 37.5 Å². The van der Waals surface area contributed by atoms with Gasteiger partial charge in [0.15, 0.2) is 4.77 Å². The van der Waals surface area contributed by atoms with Crippen molar-refractivity contribution in [3.8, 4) is 0 Å². The Hall–Kier alpha value is -0.590. The third-order valence-corrected chi connectivity index (χ3v) is 6.12. The lowest BCUT2D eigenvalue weighted by atomic mass is 10.2. The number of thiophene rings is 1. The van der Waals surface area contributed by atoms with E-state index in [4.69, 9.17) is 12.2 Å². The van der Waals surface area contributed by atoms with Gasteiger partial charge in [0, 0.05) is 5.25 Å². The molecule has 0 radical (unpaired) electrons. The SMILES string of the molecule is CCSC1CCCC1n1c(=S)[nH]c2sccc2c1=O. The summed E-state index contributed by atoms with van der Waals surface area (Å²) in [7, 11) is 0. The second kappa shape index (κ2) is 5.42. The lowest BCUT2D eigenvalue weighted by Gasteiger charge is -2.21. The molecule has 1 aliphatic carbocycles. The predicted octanol–water partition coefficient (Wildman–Crippen LogP) is 3.97. The highest BCUT2D eigenvalue weighted by molar-refractivity contribution is 7.99. The molecule has 0 aromatic carbocycles. The van der Waals surface area contributed by atoms with Crippen LogP contribution in [0, 0.1) is 4.77 Å². The Morgan fingerprint density at radius 1 is 1.58 bits per heavy atom. The van der Waals surface area contributed by atoms with E-state index in [0.29, 0.717) is 10.0 Å². The summed E-state index contributed by atoms with van der Waals surface area (Å²) >= 11 is 8.90. The molecule has 1 N–H and O–H groups in total. The summed E-state index contributed by atoms with van der Waals surface area (Å²) < 4.78 is 2.40. The van der Waals surface area contributed by atoms with Gasteiger partial charge in [-0.15, -0.1) is 11.3 Å². The number of hydrogen-bond donors (Lipinski definition) is 1. The number of fused-ring (bicyclic) bond motifs is 1. The van der Waals surface area contributed by atoms with E-state index in [-0.39, 0.29) is 11.6 Å². The van der Waals surface area contributed by atoms with E-state index < -0.39 is 0 Å². The van der Waals surface area contributed by atoms with Crippen molar-refractivity contribution in [2.24, 2.45) is 0 Å². The van der Waals surface area contributed by atoms with Crippen molar-refractivity contribution in [1.29, 1.82) is 0 Å². The van der Waals surface area contributed by atoms with Gasteiger partial charge in [0.1, 0.15) is 4.83 Å². The lowest BCUT2D eigenvalue weighted by molar-refractivity contribution is 0.502. The van der Waals surface area contributed by atoms with Gasteiger partial charge < -0.3 is 4.98 Å². The van der Waals surface area contributed by atoms with E-state index in [1.165, 1.54) is 24.2 Å². The average molecular weight is 312 g/mol. The third-order valence-electron chi connectivity index (χ3n) is 3.68. The maximum Gasteiger partial charge on any atom is 0.263 e. The minimum atomic E-state index is 0.0774. The predicted molar refractivity (Wildman–Crippen MR) is 86.1 cm³/mol.